The van der Waals surface area contributed by atoms with Gasteiger partial charge in [0.15, 0.2) is 0 Å². The summed E-state index contributed by atoms with van der Waals surface area (Å²) < 4.78 is 21.0. The lowest BCUT2D eigenvalue weighted by atomic mass is 10.0. The standard InChI is InChI=1S/C27H30N6O4/c1-32-22-13-28-23(30-26(34)17-7-8-17)11-21(22)24(31-32)20-6-4-5-19(25(20)35-2)18-12-29-33(14-18)15-27(36-3)9-10-37-16-27/h4-6,11-14,17H,7-10,15-16H2,1-3H3,(H,28,30,34)/t27-/m1/s1. The number of aryl methyl sites for hydroxylation is 1. The molecule has 4 heterocycles. The van der Waals surface area contributed by atoms with Gasteiger partial charge < -0.3 is 19.5 Å². The number of amides is 1. The first-order valence-corrected chi connectivity index (χ1v) is 12.5. The molecule has 1 N–H and O–H groups in total. The second-order valence-corrected chi connectivity index (χ2v) is 9.83. The second kappa shape index (κ2) is 9.28. The van der Waals surface area contributed by atoms with Crippen LogP contribution in [0.2, 0.25) is 0 Å². The van der Waals surface area contributed by atoms with Crippen molar-refractivity contribution in [1.29, 1.82) is 0 Å². The average Bonchev–Trinajstić information content (AvgIpc) is 3.35. The largest absolute Gasteiger partial charge is 0.495 e. The number of hydrogen-bond donors (Lipinski definition) is 1. The van der Waals surface area contributed by atoms with Crippen molar-refractivity contribution in [2.24, 2.45) is 13.0 Å². The van der Waals surface area contributed by atoms with Gasteiger partial charge in [-0.15, -0.1) is 0 Å². The Balaban J connectivity index is 1.37. The van der Waals surface area contributed by atoms with E-state index >= 15 is 0 Å². The number of nitrogens with one attached hydrogen (secondary N) is 1. The van der Waals surface area contributed by atoms with E-state index in [4.69, 9.17) is 19.3 Å². The highest BCUT2D eigenvalue weighted by atomic mass is 16.5. The van der Waals surface area contributed by atoms with Crippen molar-refractivity contribution in [1.82, 2.24) is 24.5 Å². The second-order valence-electron chi connectivity index (χ2n) is 9.83. The molecule has 1 amide bonds. The van der Waals surface area contributed by atoms with Gasteiger partial charge in [-0.1, -0.05) is 12.1 Å². The van der Waals surface area contributed by atoms with Gasteiger partial charge in [0, 0.05) is 61.4 Å². The van der Waals surface area contributed by atoms with Crippen LogP contribution in [-0.2, 0) is 27.9 Å². The van der Waals surface area contributed by atoms with Gasteiger partial charge in [-0.3, -0.25) is 14.2 Å². The number of methoxy groups -OCH3 is 2. The summed E-state index contributed by atoms with van der Waals surface area (Å²) in [5, 5.41) is 13.2. The average molecular weight is 503 g/mol. The molecular weight excluding hydrogens is 472 g/mol. The molecule has 10 heteroatoms. The number of benzene rings is 1. The Morgan fingerprint density at radius 1 is 1.24 bits per heavy atom. The van der Waals surface area contributed by atoms with Crippen LogP contribution in [0.3, 0.4) is 0 Å². The van der Waals surface area contributed by atoms with Gasteiger partial charge in [0.2, 0.25) is 5.91 Å². The smallest absolute Gasteiger partial charge is 0.228 e. The SMILES string of the molecule is COc1c(-c2cnn(C[C@]3(OC)CCOC3)c2)cccc1-c1nn(C)c2cnc(NC(=O)C3CC3)cc12. The molecule has 37 heavy (non-hydrogen) atoms. The molecule has 6 rings (SSSR count). The Morgan fingerprint density at radius 2 is 2.08 bits per heavy atom. The lowest BCUT2D eigenvalue weighted by Crippen LogP contribution is -2.37. The highest BCUT2D eigenvalue weighted by Gasteiger charge is 2.36. The fourth-order valence-corrected chi connectivity index (χ4v) is 4.99. The summed E-state index contributed by atoms with van der Waals surface area (Å²) in [6, 6.07) is 7.88. The molecule has 10 nitrogen and oxygen atoms in total. The van der Waals surface area contributed by atoms with E-state index in [-0.39, 0.29) is 17.4 Å². The van der Waals surface area contributed by atoms with Crippen molar-refractivity contribution in [2.45, 2.75) is 31.4 Å². The first-order chi connectivity index (χ1) is 18.0. The maximum Gasteiger partial charge on any atom is 0.228 e. The number of aromatic nitrogens is 5. The topological polar surface area (TPSA) is 105 Å². The molecule has 1 saturated heterocycles. The minimum atomic E-state index is -0.358. The molecule has 0 radical (unpaired) electrons. The van der Waals surface area contributed by atoms with Crippen molar-refractivity contribution in [2.75, 3.05) is 32.8 Å². The quantitative estimate of drug-likeness (QED) is 0.392. The number of nitrogens with zero attached hydrogens (tertiary/aromatic N) is 5. The number of fused-ring (bicyclic) bond motifs is 1. The van der Waals surface area contributed by atoms with E-state index in [2.05, 4.69) is 15.4 Å². The highest BCUT2D eigenvalue weighted by Crippen LogP contribution is 2.41. The van der Waals surface area contributed by atoms with Crippen LogP contribution in [0.5, 0.6) is 5.75 Å². The van der Waals surface area contributed by atoms with Gasteiger partial charge >= 0.3 is 0 Å². The number of anilines is 1. The van der Waals surface area contributed by atoms with Gasteiger partial charge in [0.05, 0.1) is 38.2 Å². The molecule has 1 atom stereocenters. The van der Waals surface area contributed by atoms with Crippen molar-refractivity contribution >= 4 is 22.6 Å². The molecule has 1 saturated carbocycles. The van der Waals surface area contributed by atoms with E-state index in [1.807, 2.05) is 48.4 Å². The van der Waals surface area contributed by atoms with E-state index in [0.717, 1.165) is 52.5 Å². The van der Waals surface area contributed by atoms with Gasteiger partial charge in [-0.2, -0.15) is 10.2 Å². The first-order valence-electron chi connectivity index (χ1n) is 12.5. The van der Waals surface area contributed by atoms with E-state index < -0.39 is 0 Å². The molecule has 4 aromatic rings. The van der Waals surface area contributed by atoms with Crippen LogP contribution in [0.4, 0.5) is 5.82 Å². The predicted octanol–water partition coefficient (Wildman–Crippen LogP) is 3.66. The zero-order chi connectivity index (χ0) is 25.6. The molecule has 2 aliphatic rings. The number of ether oxygens (including phenoxy) is 3. The van der Waals surface area contributed by atoms with E-state index in [1.54, 1.807) is 25.1 Å². The lowest BCUT2D eigenvalue weighted by molar-refractivity contribution is -0.117. The van der Waals surface area contributed by atoms with Crippen molar-refractivity contribution in [3.8, 4) is 28.1 Å². The van der Waals surface area contributed by atoms with Crippen molar-refractivity contribution in [3.05, 3.63) is 42.9 Å². The molecule has 1 aromatic carbocycles. The van der Waals surface area contributed by atoms with Gasteiger partial charge in [0.25, 0.3) is 0 Å². The molecule has 1 aliphatic heterocycles. The number of pyridine rings is 1. The monoisotopic (exact) mass is 502 g/mol. The predicted molar refractivity (Wildman–Crippen MR) is 138 cm³/mol. The number of rotatable bonds is 8. The Kier molecular flexibility index (Phi) is 5.92. The maximum absolute atomic E-state index is 12.3. The van der Waals surface area contributed by atoms with E-state index in [9.17, 15) is 4.79 Å². The molecule has 192 valence electrons. The molecule has 3 aromatic heterocycles. The summed E-state index contributed by atoms with van der Waals surface area (Å²) in [5.74, 6) is 1.35. The fraction of sp³-hybridized carbons (Fsp3) is 0.407. The normalized spacial score (nSPS) is 19.4. The fourth-order valence-electron chi connectivity index (χ4n) is 4.99. The van der Waals surface area contributed by atoms with Crippen LogP contribution in [0, 0.1) is 5.92 Å². The summed E-state index contributed by atoms with van der Waals surface area (Å²) in [6.07, 6.45) is 8.30. The summed E-state index contributed by atoms with van der Waals surface area (Å²) in [4.78, 5) is 16.7. The van der Waals surface area contributed by atoms with Crippen molar-refractivity contribution < 1.29 is 19.0 Å². The molecular formula is C27H30N6O4. The van der Waals surface area contributed by atoms with Crippen molar-refractivity contribution in [3.63, 3.8) is 0 Å². The summed E-state index contributed by atoms with van der Waals surface area (Å²) in [7, 11) is 5.27. The first kappa shape index (κ1) is 23.6. The zero-order valence-electron chi connectivity index (χ0n) is 21.2. The number of para-hydroxylation sites is 1. The Hall–Kier alpha value is -3.76. The van der Waals surface area contributed by atoms with Crippen LogP contribution in [0.25, 0.3) is 33.3 Å². The zero-order valence-corrected chi connectivity index (χ0v) is 21.2. The Morgan fingerprint density at radius 3 is 2.81 bits per heavy atom. The van der Waals surface area contributed by atoms with Crippen LogP contribution in [-0.4, -0.2) is 63.5 Å². The minimum absolute atomic E-state index is 0.0216. The highest BCUT2D eigenvalue weighted by molar-refractivity contribution is 6.00. The molecule has 0 unspecified atom stereocenters. The molecule has 1 aliphatic carbocycles. The maximum atomic E-state index is 12.3. The van der Waals surface area contributed by atoms with Gasteiger partial charge in [0.1, 0.15) is 22.9 Å². The summed E-state index contributed by atoms with van der Waals surface area (Å²) in [6.45, 7) is 1.86. The van der Waals surface area contributed by atoms with E-state index in [0.29, 0.717) is 31.3 Å². The van der Waals surface area contributed by atoms with Gasteiger partial charge in [-0.25, -0.2) is 4.98 Å². The molecule has 2 fully saturated rings. The molecule has 0 spiro atoms. The van der Waals surface area contributed by atoms with Gasteiger partial charge in [-0.05, 0) is 25.0 Å². The summed E-state index contributed by atoms with van der Waals surface area (Å²) in [5.41, 5.74) is 3.96. The third-order valence-electron chi connectivity index (χ3n) is 7.30. The number of carbonyl (C=O) groups excluding carboxylic acids is 1. The van der Waals surface area contributed by atoms with Crippen LogP contribution >= 0.6 is 0 Å². The summed E-state index contributed by atoms with van der Waals surface area (Å²) >= 11 is 0. The Labute approximate surface area is 214 Å². The minimum Gasteiger partial charge on any atom is -0.495 e. The number of carbonyl (C=O) groups is 1. The Bertz CT molecular complexity index is 1470. The van der Waals surface area contributed by atoms with E-state index in [1.165, 1.54) is 0 Å². The van der Waals surface area contributed by atoms with Crippen LogP contribution in [0.1, 0.15) is 19.3 Å². The lowest BCUT2D eigenvalue weighted by Gasteiger charge is -2.25. The third-order valence-corrected chi connectivity index (χ3v) is 7.30. The number of hydrogen-bond acceptors (Lipinski definition) is 7. The van der Waals surface area contributed by atoms with Crippen LogP contribution in [0.15, 0.2) is 42.9 Å². The molecule has 0 bridgehead atoms. The third kappa shape index (κ3) is 4.36. The van der Waals surface area contributed by atoms with Crippen LogP contribution < -0.4 is 10.1 Å².